The van der Waals surface area contributed by atoms with E-state index in [1.807, 2.05) is 10.7 Å². The van der Waals surface area contributed by atoms with Crippen LogP contribution in [0.1, 0.15) is 62.1 Å². The molecule has 106 valence electrons. The summed E-state index contributed by atoms with van der Waals surface area (Å²) in [6.07, 6.45) is 3.20. The zero-order chi connectivity index (χ0) is 14.0. The van der Waals surface area contributed by atoms with Crippen molar-refractivity contribution in [1.29, 1.82) is 0 Å². The van der Waals surface area contributed by atoms with Crippen LogP contribution in [0.2, 0.25) is 0 Å². The third-order valence-electron chi connectivity index (χ3n) is 3.27. The average Bonchev–Trinajstić information content (AvgIpc) is 3.06. The Morgan fingerprint density at radius 2 is 2.21 bits per heavy atom. The van der Waals surface area contributed by atoms with Crippen molar-refractivity contribution in [2.75, 3.05) is 13.1 Å². The number of carbonyl (C=O) groups excluding carboxylic acids is 1. The molecule has 19 heavy (non-hydrogen) atoms. The Kier molecular flexibility index (Phi) is 3.94. The molecule has 1 saturated carbocycles. The van der Waals surface area contributed by atoms with E-state index in [1.54, 1.807) is 0 Å². The Hall–Kier alpha value is -1.36. The topological polar surface area (TPSA) is 72.9 Å². The minimum Gasteiger partial charge on any atom is -0.351 e. The largest absolute Gasteiger partial charge is 0.351 e. The first-order valence-electron chi connectivity index (χ1n) is 7.02. The molecule has 0 aromatic carbocycles. The maximum absolute atomic E-state index is 12.0. The highest BCUT2D eigenvalue weighted by atomic mass is 16.1. The number of hydrogen-bond acceptors (Lipinski definition) is 3. The fourth-order valence-electron chi connectivity index (χ4n) is 2.11. The first kappa shape index (κ1) is 14.1. The highest BCUT2D eigenvalue weighted by molar-refractivity contribution is 5.92. The number of aromatic nitrogens is 2. The number of nitrogens with zero attached hydrogens (tertiary/aromatic N) is 2. The van der Waals surface area contributed by atoms with Gasteiger partial charge in [0.05, 0.1) is 5.54 Å². The van der Waals surface area contributed by atoms with Gasteiger partial charge in [-0.2, -0.15) is 5.10 Å². The van der Waals surface area contributed by atoms with Gasteiger partial charge in [-0.15, -0.1) is 0 Å². The number of amides is 1. The maximum atomic E-state index is 12.0. The van der Waals surface area contributed by atoms with E-state index in [4.69, 9.17) is 5.73 Å². The Labute approximate surface area is 114 Å². The molecule has 1 heterocycles. The molecule has 0 atom stereocenters. The van der Waals surface area contributed by atoms with Gasteiger partial charge in [0.1, 0.15) is 5.69 Å². The third-order valence-corrected chi connectivity index (χ3v) is 3.27. The van der Waals surface area contributed by atoms with Gasteiger partial charge < -0.3 is 11.1 Å². The van der Waals surface area contributed by atoms with Gasteiger partial charge in [0.2, 0.25) is 0 Å². The van der Waals surface area contributed by atoms with Crippen LogP contribution >= 0.6 is 0 Å². The minimum atomic E-state index is -0.0987. The van der Waals surface area contributed by atoms with Gasteiger partial charge in [-0.3, -0.25) is 9.48 Å². The molecule has 1 aromatic heterocycles. The van der Waals surface area contributed by atoms with E-state index in [-0.39, 0.29) is 11.4 Å². The summed E-state index contributed by atoms with van der Waals surface area (Å²) in [5.74, 6) is 0.482. The van der Waals surface area contributed by atoms with Crippen LogP contribution in [-0.2, 0) is 5.54 Å². The van der Waals surface area contributed by atoms with E-state index in [0.717, 1.165) is 6.42 Å². The van der Waals surface area contributed by atoms with Crippen LogP contribution in [0, 0.1) is 0 Å². The van der Waals surface area contributed by atoms with Crippen molar-refractivity contribution < 1.29 is 4.79 Å². The van der Waals surface area contributed by atoms with Crippen molar-refractivity contribution in [3.8, 4) is 0 Å². The summed E-state index contributed by atoms with van der Waals surface area (Å²) in [6, 6.07) is 1.95. The Balaban J connectivity index is 2.15. The molecule has 0 unspecified atom stereocenters. The fourth-order valence-corrected chi connectivity index (χ4v) is 2.11. The summed E-state index contributed by atoms with van der Waals surface area (Å²) < 4.78 is 2.00. The van der Waals surface area contributed by atoms with Gasteiger partial charge in [0.25, 0.3) is 5.91 Å². The van der Waals surface area contributed by atoms with Gasteiger partial charge in [0, 0.05) is 18.2 Å². The van der Waals surface area contributed by atoms with E-state index < -0.39 is 0 Å². The fraction of sp³-hybridized carbons (Fsp3) is 0.714. The summed E-state index contributed by atoms with van der Waals surface area (Å²) in [6.45, 7) is 7.53. The second-order valence-corrected chi connectivity index (χ2v) is 6.21. The van der Waals surface area contributed by atoms with Crippen LogP contribution in [0.3, 0.4) is 0 Å². The maximum Gasteiger partial charge on any atom is 0.271 e. The molecular weight excluding hydrogens is 240 g/mol. The molecule has 0 saturated heterocycles. The lowest BCUT2D eigenvalue weighted by atomic mass is 10.1. The molecule has 0 spiro atoms. The molecule has 3 N–H and O–H groups in total. The van der Waals surface area contributed by atoms with Crippen molar-refractivity contribution in [2.24, 2.45) is 5.73 Å². The Bertz CT molecular complexity index is 455. The van der Waals surface area contributed by atoms with Crippen molar-refractivity contribution in [3.63, 3.8) is 0 Å². The second-order valence-electron chi connectivity index (χ2n) is 6.21. The van der Waals surface area contributed by atoms with Gasteiger partial charge in [-0.1, -0.05) is 0 Å². The summed E-state index contributed by atoms with van der Waals surface area (Å²) >= 11 is 0. The van der Waals surface area contributed by atoms with Crippen LogP contribution in [-0.4, -0.2) is 28.8 Å². The SMILES string of the molecule is CC(C)(C)n1nc(C(=O)NCCCN)cc1C1CC1. The molecule has 1 aliphatic rings. The van der Waals surface area contributed by atoms with Crippen LogP contribution in [0.25, 0.3) is 0 Å². The van der Waals surface area contributed by atoms with E-state index in [2.05, 4.69) is 31.2 Å². The number of carbonyl (C=O) groups is 1. The average molecular weight is 264 g/mol. The monoisotopic (exact) mass is 264 g/mol. The summed E-state index contributed by atoms with van der Waals surface area (Å²) in [4.78, 5) is 12.0. The Morgan fingerprint density at radius 3 is 2.74 bits per heavy atom. The van der Waals surface area contributed by atoms with Crippen molar-refractivity contribution in [3.05, 3.63) is 17.5 Å². The van der Waals surface area contributed by atoms with Gasteiger partial charge in [-0.05, 0) is 52.6 Å². The van der Waals surface area contributed by atoms with E-state index in [9.17, 15) is 4.79 Å². The lowest BCUT2D eigenvalue weighted by molar-refractivity contribution is 0.0947. The molecule has 1 fully saturated rings. The van der Waals surface area contributed by atoms with Crippen LogP contribution in [0.5, 0.6) is 0 Å². The number of rotatable bonds is 5. The molecule has 0 radical (unpaired) electrons. The molecule has 2 rings (SSSR count). The normalized spacial score (nSPS) is 15.6. The van der Waals surface area contributed by atoms with Crippen molar-refractivity contribution in [1.82, 2.24) is 15.1 Å². The lowest BCUT2D eigenvalue weighted by Gasteiger charge is -2.22. The lowest BCUT2D eigenvalue weighted by Crippen LogP contribution is -2.28. The van der Waals surface area contributed by atoms with E-state index >= 15 is 0 Å². The smallest absolute Gasteiger partial charge is 0.271 e. The van der Waals surface area contributed by atoms with Crippen LogP contribution in [0.15, 0.2) is 6.07 Å². The summed E-state index contributed by atoms with van der Waals surface area (Å²) in [5, 5.41) is 7.35. The predicted octanol–water partition coefficient (Wildman–Crippen LogP) is 1.59. The highest BCUT2D eigenvalue weighted by Gasteiger charge is 2.32. The number of nitrogens with two attached hydrogens (primary N) is 1. The zero-order valence-corrected chi connectivity index (χ0v) is 12.1. The number of hydrogen-bond donors (Lipinski definition) is 2. The van der Waals surface area contributed by atoms with Gasteiger partial charge in [0.15, 0.2) is 0 Å². The standard InChI is InChI=1S/C14H24N4O/c1-14(2,3)18-12(10-5-6-10)9-11(17-18)13(19)16-8-4-7-15/h9-10H,4-8,15H2,1-3H3,(H,16,19). The molecule has 5 nitrogen and oxygen atoms in total. The van der Waals surface area contributed by atoms with Crippen molar-refractivity contribution in [2.45, 2.75) is 51.5 Å². The highest BCUT2D eigenvalue weighted by Crippen LogP contribution is 2.41. The molecule has 1 aromatic rings. The van der Waals surface area contributed by atoms with Crippen LogP contribution < -0.4 is 11.1 Å². The number of nitrogens with one attached hydrogen (secondary N) is 1. The Morgan fingerprint density at radius 1 is 1.53 bits per heavy atom. The summed E-state index contributed by atoms with van der Waals surface area (Å²) in [7, 11) is 0. The first-order chi connectivity index (χ1) is 8.93. The van der Waals surface area contributed by atoms with Gasteiger partial charge >= 0.3 is 0 Å². The minimum absolute atomic E-state index is 0.0896. The predicted molar refractivity (Wildman–Crippen MR) is 75.2 cm³/mol. The molecule has 0 aliphatic heterocycles. The molecule has 1 aliphatic carbocycles. The van der Waals surface area contributed by atoms with Crippen molar-refractivity contribution >= 4 is 5.91 Å². The van der Waals surface area contributed by atoms with Crippen LogP contribution in [0.4, 0.5) is 0 Å². The van der Waals surface area contributed by atoms with E-state index in [0.29, 0.717) is 24.7 Å². The quantitative estimate of drug-likeness (QED) is 0.793. The molecule has 1 amide bonds. The second kappa shape index (κ2) is 5.33. The molecule has 0 bridgehead atoms. The summed E-state index contributed by atoms with van der Waals surface area (Å²) in [5.41, 5.74) is 7.04. The van der Waals surface area contributed by atoms with E-state index in [1.165, 1.54) is 18.5 Å². The zero-order valence-electron chi connectivity index (χ0n) is 12.1. The third kappa shape index (κ3) is 3.35. The molecule has 5 heteroatoms. The molecular formula is C14H24N4O. The first-order valence-corrected chi connectivity index (χ1v) is 7.02. The van der Waals surface area contributed by atoms with Gasteiger partial charge in [-0.25, -0.2) is 0 Å².